The summed E-state index contributed by atoms with van der Waals surface area (Å²) in [5, 5.41) is 20.8. The molecule has 2 rings (SSSR count). The fourth-order valence-electron chi connectivity index (χ4n) is 2.24. The Balaban J connectivity index is 2.34. The number of hydrogen-bond acceptors (Lipinski definition) is 6. The molecule has 19 heavy (non-hydrogen) atoms. The minimum Gasteiger partial charge on any atom is -0.481 e. The van der Waals surface area contributed by atoms with Crippen LogP contribution in [0.5, 0.6) is 5.88 Å². The Morgan fingerprint density at radius 3 is 2.89 bits per heavy atom. The molecule has 2 heterocycles. The van der Waals surface area contributed by atoms with E-state index in [1.807, 2.05) is 11.8 Å². The van der Waals surface area contributed by atoms with Crippen molar-refractivity contribution >= 4 is 11.5 Å². The van der Waals surface area contributed by atoms with Gasteiger partial charge >= 0.3 is 5.69 Å². The third-order valence-electron chi connectivity index (χ3n) is 3.39. The lowest BCUT2D eigenvalue weighted by Gasteiger charge is -2.34. The van der Waals surface area contributed by atoms with Crippen molar-refractivity contribution in [3.63, 3.8) is 0 Å². The first kappa shape index (κ1) is 13.5. The SMILES string of the molecule is COc1ccc([N+](=O)[O-])c(N2CCC(O)C(C)C2)n1. The number of anilines is 1. The number of methoxy groups -OCH3 is 1. The molecule has 1 fully saturated rings. The molecule has 0 saturated carbocycles. The summed E-state index contributed by atoms with van der Waals surface area (Å²) in [7, 11) is 1.47. The minimum atomic E-state index is -0.447. The highest BCUT2D eigenvalue weighted by Crippen LogP contribution is 2.31. The first-order chi connectivity index (χ1) is 9.02. The Morgan fingerprint density at radius 2 is 2.32 bits per heavy atom. The molecule has 2 atom stereocenters. The van der Waals surface area contributed by atoms with Gasteiger partial charge in [0.25, 0.3) is 0 Å². The molecule has 1 aromatic rings. The normalized spacial score (nSPS) is 23.2. The van der Waals surface area contributed by atoms with E-state index in [0.29, 0.717) is 31.2 Å². The van der Waals surface area contributed by atoms with Gasteiger partial charge in [0.15, 0.2) is 0 Å². The molecule has 7 nitrogen and oxygen atoms in total. The van der Waals surface area contributed by atoms with Gasteiger partial charge in [-0.3, -0.25) is 10.1 Å². The molecule has 0 bridgehead atoms. The summed E-state index contributed by atoms with van der Waals surface area (Å²) in [6, 6.07) is 2.88. The van der Waals surface area contributed by atoms with Crippen molar-refractivity contribution in [2.75, 3.05) is 25.1 Å². The fourth-order valence-corrected chi connectivity index (χ4v) is 2.24. The van der Waals surface area contributed by atoms with E-state index in [0.717, 1.165) is 0 Å². The van der Waals surface area contributed by atoms with Crippen LogP contribution in [0.4, 0.5) is 11.5 Å². The molecule has 1 N–H and O–H groups in total. The van der Waals surface area contributed by atoms with Crippen molar-refractivity contribution in [1.29, 1.82) is 0 Å². The molecule has 0 spiro atoms. The molecular weight excluding hydrogens is 250 g/mol. The van der Waals surface area contributed by atoms with Crippen LogP contribution in [0, 0.1) is 16.0 Å². The molecule has 1 saturated heterocycles. The molecule has 1 aliphatic heterocycles. The molecule has 0 aromatic carbocycles. The third kappa shape index (κ3) is 2.76. The molecule has 1 aromatic heterocycles. The van der Waals surface area contributed by atoms with Crippen molar-refractivity contribution in [3.8, 4) is 5.88 Å². The second-order valence-corrected chi connectivity index (χ2v) is 4.73. The Bertz CT molecular complexity index is 480. The van der Waals surface area contributed by atoms with Crippen molar-refractivity contribution < 1.29 is 14.8 Å². The van der Waals surface area contributed by atoms with Gasteiger partial charge in [0.05, 0.1) is 18.1 Å². The first-order valence-electron chi connectivity index (χ1n) is 6.15. The average Bonchev–Trinajstić information content (AvgIpc) is 2.41. The van der Waals surface area contributed by atoms with E-state index >= 15 is 0 Å². The van der Waals surface area contributed by atoms with Crippen LogP contribution in [0.2, 0.25) is 0 Å². The quantitative estimate of drug-likeness (QED) is 0.654. The van der Waals surface area contributed by atoms with Gasteiger partial charge in [0.1, 0.15) is 0 Å². The summed E-state index contributed by atoms with van der Waals surface area (Å²) in [5.41, 5.74) is -0.0376. The summed E-state index contributed by atoms with van der Waals surface area (Å²) in [5.74, 6) is 0.712. The Morgan fingerprint density at radius 1 is 1.58 bits per heavy atom. The number of piperidine rings is 1. The van der Waals surface area contributed by atoms with Crippen LogP contribution in [-0.4, -0.2) is 41.3 Å². The lowest BCUT2D eigenvalue weighted by molar-refractivity contribution is -0.384. The zero-order valence-corrected chi connectivity index (χ0v) is 10.9. The number of aromatic nitrogens is 1. The zero-order valence-electron chi connectivity index (χ0n) is 10.9. The standard InChI is InChI=1S/C12H17N3O4/c1-8-7-14(6-5-10(8)16)12-9(15(17)18)3-4-11(13-12)19-2/h3-4,8,10,16H,5-7H2,1-2H3. The molecule has 0 radical (unpaired) electrons. The van der Waals surface area contributed by atoms with Crippen LogP contribution in [-0.2, 0) is 0 Å². The summed E-state index contributed by atoms with van der Waals surface area (Å²) < 4.78 is 5.02. The van der Waals surface area contributed by atoms with Crippen LogP contribution >= 0.6 is 0 Å². The summed E-state index contributed by atoms with van der Waals surface area (Å²) >= 11 is 0. The smallest absolute Gasteiger partial charge is 0.311 e. The highest BCUT2D eigenvalue weighted by molar-refractivity contribution is 5.59. The highest BCUT2D eigenvalue weighted by Gasteiger charge is 2.29. The van der Waals surface area contributed by atoms with E-state index in [1.54, 1.807) is 0 Å². The number of aliphatic hydroxyl groups is 1. The second kappa shape index (κ2) is 5.40. The number of ether oxygens (including phenoxy) is 1. The topological polar surface area (TPSA) is 88.7 Å². The number of pyridine rings is 1. The number of rotatable bonds is 3. The third-order valence-corrected chi connectivity index (χ3v) is 3.39. The lowest BCUT2D eigenvalue weighted by atomic mass is 9.97. The molecule has 0 aliphatic carbocycles. The van der Waals surface area contributed by atoms with E-state index in [1.165, 1.54) is 19.2 Å². The predicted octanol–water partition coefficient (Wildman–Crippen LogP) is 1.21. The van der Waals surface area contributed by atoms with Crippen LogP contribution in [0.3, 0.4) is 0 Å². The van der Waals surface area contributed by atoms with E-state index in [4.69, 9.17) is 4.74 Å². The largest absolute Gasteiger partial charge is 0.481 e. The maximum Gasteiger partial charge on any atom is 0.311 e. The lowest BCUT2D eigenvalue weighted by Crippen LogP contribution is -2.42. The molecular formula is C12H17N3O4. The molecule has 2 unspecified atom stereocenters. The molecule has 1 aliphatic rings. The minimum absolute atomic E-state index is 0.0376. The average molecular weight is 267 g/mol. The van der Waals surface area contributed by atoms with Crippen LogP contribution < -0.4 is 9.64 Å². The van der Waals surface area contributed by atoms with E-state index in [9.17, 15) is 15.2 Å². The number of nitrogens with zero attached hydrogens (tertiary/aromatic N) is 3. The Hall–Kier alpha value is -1.89. The maximum absolute atomic E-state index is 11.1. The van der Waals surface area contributed by atoms with Gasteiger partial charge in [-0.2, -0.15) is 4.98 Å². The second-order valence-electron chi connectivity index (χ2n) is 4.73. The van der Waals surface area contributed by atoms with Crippen molar-refractivity contribution in [2.45, 2.75) is 19.4 Å². The highest BCUT2D eigenvalue weighted by atomic mass is 16.6. The summed E-state index contributed by atoms with van der Waals surface area (Å²) in [6.45, 7) is 3.01. The van der Waals surface area contributed by atoms with Crippen molar-refractivity contribution in [3.05, 3.63) is 22.2 Å². The Kier molecular flexibility index (Phi) is 3.84. The van der Waals surface area contributed by atoms with Crippen molar-refractivity contribution in [2.24, 2.45) is 5.92 Å². The van der Waals surface area contributed by atoms with Crippen molar-refractivity contribution in [1.82, 2.24) is 4.98 Å². The zero-order chi connectivity index (χ0) is 14.0. The maximum atomic E-state index is 11.1. The summed E-state index contributed by atoms with van der Waals surface area (Å²) in [4.78, 5) is 16.6. The van der Waals surface area contributed by atoms with E-state index in [-0.39, 0.29) is 17.7 Å². The van der Waals surface area contributed by atoms with Crippen LogP contribution in [0.15, 0.2) is 12.1 Å². The predicted molar refractivity (Wildman–Crippen MR) is 69.4 cm³/mol. The number of aliphatic hydroxyl groups excluding tert-OH is 1. The monoisotopic (exact) mass is 267 g/mol. The fraction of sp³-hybridized carbons (Fsp3) is 0.583. The number of hydrogen-bond donors (Lipinski definition) is 1. The molecule has 0 amide bonds. The van der Waals surface area contributed by atoms with E-state index < -0.39 is 4.92 Å². The molecule has 7 heteroatoms. The van der Waals surface area contributed by atoms with Gasteiger partial charge in [-0.15, -0.1) is 0 Å². The Labute approximate surface area is 111 Å². The van der Waals surface area contributed by atoms with Gasteiger partial charge in [-0.05, 0) is 12.3 Å². The van der Waals surface area contributed by atoms with Gasteiger partial charge < -0.3 is 14.7 Å². The van der Waals surface area contributed by atoms with Gasteiger partial charge in [0.2, 0.25) is 11.7 Å². The first-order valence-corrected chi connectivity index (χ1v) is 6.15. The van der Waals surface area contributed by atoms with Crippen LogP contribution in [0.25, 0.3) is 0 Å². The summed E-state index contributed by atoms with van der Waals surface area (Å²) in [6.07, 6.45) is 0.220. The van der Waals surface area contributed by atoms with Gasteiger partial charge in [-0.1, -0.05) is 6.92 Å². The van der Waals surface area contributed by atoms with Gasteiger partial charge in [0, 0.05) is 25.2 Å². The van der Waals surface area contributed by atoms with Gasteiger partial charge in [-0.25, -0.2) is 0 Å². The van der Waals surface area contributed by atoms with Crippen LogP contribution in [0.1, 0.15) is 13.3 Å². The van der Waals surface area contributed by atoms with E-state index in [2.05, 4.69) is 4.98 Å². The molecule has 104 valence electrons. The number of nitro groups is 1.